The maximum Gasteiger partial charge on any atom is 0.235 e. The molecule has 1 aliphatic heterocycles. The van der Waals surface area contributed by atoms with E-state index < -0.39 is 10.0 Å². The number of hydrogen-bond donors (Lipinski definition) is 1. The van der Waals surface area contributed by atoms with E-state index in [9.17, 15) is 8.42 Å². The summed E-state index contributed by atoms with van der Waals surface area (Å²) in [6.07, 6.45) is 1.88. The van der Waals surface area contributed by atoms with Crippen LogP contribution in [0.15, 0.2) is 54.7 Å². The van der Waals surface area contributed by atoms with Crippen LogP contribution in [-0.4, -0.2) is 18.7 Å². The van der Waals surface area contributed by atoms with Gasteiger partial charge < -0.3 is 9.30 Å². The summed E-state index contributed by atoms with van der Waals surface area (Å²) in [6.45, 7) is 0.448. The third kappa shape index (κ3) is 3.40. The first-order chi connectivity index (χ1) is 12.4. The van der Waals surface area contributed by atoms with E-state index in [1.54, 1.807) is 18.2 Å². The normalized spacial score (nSPS) is 15.2. The van der Waals surface area contributed by atoms with Gasteiger partial charge in [-0.1, -0.05) is 35.3 Å². The minimum atomic E-state index is -3.27. The minimum Gasteiger partial charge on any atom is -0.457 e. The molecule has 0 saturated carbocycles. The zero-order chi connectivity index (χ0) is 18.3. The van der Waals surface area contributed by atoms with Crippen LogP contribution in [-0.2, 0) is 16.6 Å². The number of nitrogens with one attached hydrogen (secondary N) is 1. The van der Waals surface area contributed by atoms with Gasteiger partial charge in [-0.05, 0) is 35.9 Å². The fraction of sp³-hybridized carbons (Fsp3) is 0.111. The first-order valence-electron chi connectivity index (χ1n) is 7.84. The van der Waals surface area contributed by atoms with Gasteiger partial charge >= 0.3 is 0 Å². The minimum absolute atomic E-state index is 0.0878. The van der Waals surface area contributed by atoms with Crippen LogP contribution in [0.2, 0.25) is 10.0 Å². The second-order valence-electron chi connectivity index (χ2n) is 5.89. The quantitative estimate of drug-likeness (QED) is 0.662. The van der Waals surface area contributed by atoms with Crippen LogP contribution in [0.1, 0.15) is 0 Å². The van der Waals surface area contributed by atoms with Crippen molar-refractivity contribution in [2.24, 2.45) is 0 Å². The third-order valence-corrected chi connectivity index (χ3v) is 6.07. The van der Waals surface area contributed by atoms with Crippen molar-refractivity contribution in [2.45, 2.75) is 6.54 Å². The number of rotatable bonds is 3. The standard InChI is InChI=1S/C18H14Cl2N2O3S/c19-16-6-5-14(11-17(16)20)25-13-3-1-12(2-4-13)15-7-8-22-9-10-26(23,24)21-18(15)22/h1-8,11,21H,9-10H2. The maximum absolute atomic E-state index is 11.8. The molecular weight excluding hydrogens is 395 g/mol. The van der Waals surface area contributed by atoms with E-state index in [4.69, 9.17) is 27.9 Å². The number of fused-ring (bicyclic) bond motifs is 1. The lowest BCUT2D eigenvalue weighted by atomic mass is 10.1. The fourth-order valence-corrected chi connectivity index (χ4v) is 4.15. The number of aryl methyl sites for hydroxylation is 1. The lowest BCUT2D eigenvalue weighted by Crippen LogP contribution is -2.27. The number of benzene rings is 2. The molecule has 0 saturated heterocycles. The van der Waals surface area contributed by atoms with Crippen molar-refractivity contribution in [3.05, 3.63) is 64.8 Å². The molecule has 1 aromatic heterocycles. The molecule has 0 radical (unpaired) electrons. The number of anilines is 1. The van der Waals surface area contributed by atoms with Crippen LogP contribution in [0.4, 0.5) is 5.82 Å². The van der Waals surface area contributed by atoms with E-state index in [2.05, 4.69) is 4.72 Å². The summed E-state index contributed by atoms with van der Waals surface area (Å²) in [7, 11) is -3.27. The monoisotopic (exact) mass is 408 g/mol. The number of nitrogens with zero attached hydrogens (tertiary/aromatic N) is 1. The fourth-order valence-electron chi connectivity index (χ4n) is 2.80. The lowest BCUT2D eigenvalue weighted by molar-refractivity contribution is 0.483. The molecule has 0 amide bonds. The molecule has 26 heavy (non-hydrogen) atoms. The van der Waals surface area contributed by atoms with Gasteiger partial charge in [0.05, 0.1) is 15.8 Å². The van der Waals surface area contributed by atoms with Crippen molar-refractivity contribution < 1.29 is 13.2 Å². The molecule has 2 heterocycles. The Hall–Kier alpha value is -2.15. The largest absolute Gasteiger partial charge is 0.457 e. The van der Waals surface area contributed by atoms with Crippen LogP contribution in [0.5, 0.6) is 11.5 Å². The topological polar surface area (TPSA) is 60.3 Å². The van der Waals surface area contributed by atoms with Crippen LogP contribution in [0, 0.1) is 0 Å². The molecule has 0 spiro atoms. The second-order valence-corrected chi connectivity index (χ2v) is 8.55. The van der Waals surface area contributed by atoms with Gasteiger partial charge in [0, 0.05) is 24.4 Å². The molecule has 1 N–H and O–H groups in total. The summed E-state index contributed by atoms with van der Waals surface area (Å²) < 4.78 is 34.0. The molecule has 4 rings (SSSR count). The molecule has 3 aromatic rings. The third-order valence-electron chi connectivity index (χ3n) is 4.11. The number of halogens is 2. The van der Waals surface area contributed by atoms with Crippen LogP contribution in [0.3, 0.4) is 0 Å². The average molecular weight is 409 g/mol. The summed E-state index contributed by atoms with van der Waals surface area (Å²) in [4.78, 5) is 0. The van der Waals surface area contributed by atoms with Crippen molar-refractivity contribution in [3.63, 3.8) is 0 Å². The van der Waals surface area contributed by atoms with E-state index in [-0.39, 0.29) is 5.75 Å². The summed E-state index contributed by atoms with van der Waals surface area (Å²) in [5.74, 6) is 1.90. The predicted octanol–water partition coefficient (Wildman–Crippen LogP) is 5.01. The van der Waals surface area contributed by atoms with Gasteiger partial charge in [-0.25, -0.2) is 8.42 Å². The first-order valence-corrected chi connectivity index (χ1v) is 10.2. The van der Waals surface area contributed by atoms with Crippen molar-refractivity contribution >= 4 is 39.0 Å². The Morgan fingerprint density at radius 1 is 0.962 bits per heavy atom. The van der Waals surface area contributed by atoms with E-state index >= 15 is 0 Å². The number of aromatic nitrogens is 1. The van der Waals surface area contributed by atoms with Crippen LogP contribution >= 0.6 is 23.2 Å². The summed E-state index contributed by atoms with van der Waals surface area (Å²) in [5.41, 5.74) is 1.72. The zero-order valence-electron chi connectivity index (χ0n) is 13.4. The first kappa shape index (κ1) is 17.3. The highest BCUT2D eigenvalue weighted by atomic mass is 35.5. The summed E-state index contributed by atoms with van der Waals surface area (Å²) in [6, 6.07) is 14.4. The Morgan fingerprint density at radius 2 is 1.69 bits per heavy atom. The second kappa shape index (κ2) is 6.54. The average Bonchev–Trinajstić information content (AvgIpc) is 3.00. The molecule has 0 bridgehead atoms. The van der Waals surface area contributed by atoms with Gasteiger partial charge in [0.25, 0.3) is 0 Å². The number of sulfonamides is 1. The highest BCUT2D eigenvalue weighted by Crippen LogP contribution is 2.34. The molecule has 8 heteroatoms. The predicted molar refractivity (Wildman–Crippen MR) is 104 cm³/mol. The highest BCUT2D eigenvalue weighted by Gasteiger charge is 2.23. The number of ether oxygens (including phenoxy) is 1. The van der Waals surface area contributed by atoms with Gasteiger partial charge in [-0.15, -0.1) is 0 Å². The Morgan fingerprint density at radius 3 is 2.42 bits per heavy atom. The van der Waals surface area contributed by atoms with Crippen LogP contribution < -0.4 is 9.46 Å². The molecule has 0 unspecified atom stereocenters. The summed E-state index contributed by atoms with van der Waals surface area (Å²) in [5, 5.41) is 0.892. The van der Waals surface area contributed by atoms with Gasteiger partial charge in [0.1, 0.15) is 17.3 Å². The van der Waals surface area contributed by atoms with Gasteiger partial charge in [-0.3, -0.25) is 4.72 Å². The van der Waals surface area contributed by atoms with Gasteiger partial charge in [0.2, 0.25) is 10.0 Å². The maximum atomic E-state index is 11.8. The SMILES string of the molecule is O=S1(=O)CCn2ccc(-c3ccc(Oc4ccc(Cl)c(Cl)c4)cc3)c2N1. The molecule has 0 atom stereocenters. The lowest BCUT2D eigenvalue weighted by Gasteiger charge is -2.19. The van der Waals surface area contributed by atoms with E-state index in [0.717, 1.165) is 11.1 Å². The van der Waals surface area contributed by atoms with Crippen molar-refractivity contribution in [2.75, 3.05) is 10.5 Å². The Labute approximate surface area is 161 Å². The number of hydrogen-bond acceptors (Lipinski definition) is 3. The van der Waals surface area contributed by atoms with Crippen molar-refractivity contribution in [3.8, 4) is 22.6 Å². The Bertz CT molecular complexity index is 1080. The summed E-state index contributed by atoms with van der Waals surface area (Å²) >= 11 is 11.9. The van der Waals surface area contributed by atoms with E-state index in [0.29, 0.717) is 33.9 Å². The molecule has 2 aromatic carbocycles. The van der Waals surface area contributed by atoms with Crippen molar-refractivity contribution in [1.82, 2.24) is 4.57 Å². The smallest absolute Gasteiger partial charge is 0.235 e. The molecule has 0 fully saturated rings. The van der Waals surface area contributed by atoms with Crippen molar-refractivity contribution in [1.29, 1.82) is 0 Å². The zero-order valence-corrected chi connectivity index (χ0v) is 15.8. The highest BCUT2D eigenvalue weighted by molar-refractivity contribution is 7.92. The molecular formula is C18H14Cl2N2O3S. The Balaban J connectivity index is 1.59. The van der Waals surface area contributed by atoms with E-state index in [1.165, 1.54) is 0 Å². The molecule has 134 valence electrons. The van der Waals surface area contributed by atoms with Crippen LogP contribution in [0.25, 0.3) is 11.1 Å². The molecule has 1 aliphatic rings. The molecule has 5 nitrogen and oxygen atoms in total. The van der Waals surface area contributed by atoms with Gasteiger partial charge in [-0.2, -0.15) is 0 Å². The van der Waals surface area contributed by atoms with Gasteiger partial charge in [0.15, 0.2) is 0 Å². The van der Waals surface area contributed by atoms with E-state index in [1.807, 2.05) is 41.1 Å². The molecule has 0 aliphatic carbocycles. The Kier molecular flexibility index (Phi) is 4.34.